The van der Waals surface area contributed by atoms with E-state index in [2.05, 4.69) is 10.3 Å². The first-order chi connectivity index (χ1) is 5.04. The number of hydrogen-bond donors (Lipinski definition) is 4. The van der Waals surface area contributed by atoms with Crippen LogP contribution in [0.2, 0.25) is 0 Å². The number of hydrogen-bond acceptors (Lipinski definition) is 6. The molecular weight excluding hydrogens is 168 g/mol. The van der Waals surface area contributed by atoms with Crippen LogP contribution in [0.1, 0.15) is 4.88 Å². The van der Waals surface area contributed by atoms with Gasteiger partial charge in [0, 0.05) is 7.05 Å². The lowest BCUT2D eigenvalue weighted by molar-refractivity contribution is -0.321. The van der Waals surface area contributed by atoms with Crippen molar-refractivity contribution >= 4 is 16.5 Å². The Morgan fingerprint density at radius 3 is 2.45 bits per heavy atom. The maximum absolute atomic E-state index is 8.65. The van der Waals surface area contributed by atoms with Gasteiger partial charge in [0.1, 0.15) is 4.88 Å². The Morgan fingerprint density at radius 2 is 2.18 bits per heavy atom. The van der Waals surface area contributed by atoms with E-state index in [-0.39, 0.29) is 4.88 Å². The lowest BCUT2D eigenvalue weighted by Crippen LogP contribution is -2.21. The quantitative estimate of drug-likeness (QED) is 0.446. The summed E-state index contributed by atoms with van der Waals surface area (Å²) in [6.45, 7) is 0. The minimum atomic E-state index is -2.77. The van der Waals surface area contributed by atoms with Crippen LogP contribution in [-0.4, -0.2) is 27.4 Å². The van der Waals surface area contributed by atoms with Crippen LogP contribution in [0.4, 0.5) is 5.13 Å². The molecule has 5 nitrogen and oxygen atoms in total. The van der Waals surface area contributed by atoms with Gasteiger partial charge in [0.05, 0.1) is 6.20 Å². The van der Waals surface area contributed by atoms with Crippen molar-refractivity contribution in [3.8, 4) is 0 Å². The first-order valence-corrected chi connectivity index (χ1v) is 3.67. The van der Waals surface area contributed by atoms with E-state index in [9.17, 15) is 0 Å². The summed E-state index contributed by atoms with van der Waals surface area (Å²) in [5, 5.41) is 29.2. The van der Waals surface area contributed by atoms with E-state index in [1.165, 1.54) is 6.20 Å². The van der Waals surface area contributed by atoms with Gasteiger partial charge in [0.25, 0.3) is 0 Å². The summed E-state index contributed by atoms with van der Waals surface area (Å²) in [6, 6.07) is 0. The Kier molecular flexibility index (Phi) is 2.10. The van der Waals surface area contributed by atoms with E-state index in [0.29, 0.717) is 5.13 Å². The molecular formula is C5H8N2O3S. The average molecular weight is 176 g/mol. The molecule has 0 aliphatic rings. The van der Waals surface area contributed by atoms with Crippen LogP contribution in [0, 0.1) is 0 Å². The van der Waals surface area contributed by atoms with Crippen LogP contribution >= 0.6 is 11.3 Å². The summed E-state index contributed by atoms with van der Waals surface area (Å²) < 4.78 is 0. The van der Waals surface area contributed by atoms with Gasteiger partial charge >= 0.3 is 5.97 Å². The highest BCUT2D eigenvalue weighted by atomic mass is 32.1. The second-order valence-corrected chi connectivity index (χ2v) is 2.95. The van der Waals surface area contributed by atoms with Gasteiger partial charge in [-0.1, -0.05) is 11.3 Å². The lowest BCUT2D eigenvalue weighted by atomic mass is 10.5. The van der Waals surface area contributed by atoms with Crippen molar-refractivity contribution in [2.45, 2.75) is 5.97 Å². The highest BCUT2D eigenvalue weighted by Gasteiger charge is 2.24. The summed E-state index contributed by atoms with van der Waals surface area (Å²) in [5.74, 6) is -2.77. The maximum Gasteiger partial charge on any atom is 0.315 e. The molecule has 0 saturated heterocycles. The minimum Gasteiger partial charge on any atom is -0.365 e. The molecule has 0 fully saturated rings. The van der Waals surface area contributed by atoms with Crippen LogP contribution in [-0.2, 0) is 5.97 Å². The van der Waals surface area contributed by atoms with Crippen LogP contribution in [0.3, 0.4) is 0 Å². The van der Waals surface area contributed by atoms with Gasteiger partial charge in [0.15, 0.2) is 5.13 Å². The molecule has 0 unspecified atom stereocenters. The first-order valence-electron chi connectivity index (χ1n) is 2.85. The number of anilines is 1. The second kappa shape index (κ2) is 2.74. The van der Waals surface area contributed by atoms with E-state index in [0.717, 1.165) is 11.3 Å². The molecule has 0 aromatic carbocycles. The molecule has 0 aliphatic heterocycles. The number of rotatable bonds is 2. The monoisotopic (exact) mass is 176 g/mol. The van der Waals surface area contributed by atoms with Gasteiger partial charge in [-0.05, 0) is 0 Å². The van der Waals surface area contributed by atoms with E-state index >= 15 is 0 Å². The van der Waals surface area contributed by atoms with E-state index in [4.69, 9.17) is 15.3 Å². The van der Waals surface area contributed by atoms with Gasteiger partial charge in [-0.3, -0.25) is 0 Å². The van der Waals surface area contributed by atoms with Crippen molar-refractivity contribution in [3.05, 3.63) is 11.1 Å². The summed E-state index contributed by atoms with van der Waals surface area (Å²) in [6.07, 6.45) is 1.19. The van der Waals surface area contributed by atoms with Crippen LogP contribution in [0.25, 0.3) is 0 Å². The van der Waals surface area contributed by atoms with Crippen LogP contribution in [0.5, 0.6) is 0 Å². The zero-order chi connectivity index (χ0) is 8.48. The third-order valence-corrected chi connectivity index (χ3v) is 2.15. The molecule has 11 heavy (non-hydrogen) atoms. The molecule has 0 saturated carbocycles. The number of nitrogens with one attached hydrogen (secondary N) is 1. The molecule has 6 heteroatoms. The molecule has 0 amide bonds. The van der Waals surface area contributed by atoms with Crippen molar-refractivity contribution in [2.24, 2.45) is 0 Å². The molecule has 1 heterocycles. The van der Waals surface area contributed by atoms with E-state index < -0.39 is 5.97 Å². The van der Waals surface area contributed by atoms with Crippen molar-refractivity contribution in [1.29, 1.82) is 0 Å². The van der Waals surface area contributed by atoms with E-state index in [1.807, 2.05) is 0 Å². The molecule has 0 bridgehead atoms. The molecule has 0 spiro atoms. The van der Waals surface area contributed by atoms with Gasteiger partial charge in [0.2, 0.25) is 0 Å². The fraction of sp³-hybridized carbons (Fsp3) is 0.400. The van der Waals surface area contributed by atoms with Crippen LogP contribution < -0.4 is 5.32 Å². The maximum atomic E-state index is 8.65. The number of nitrogens with zero attached hydrogens (tertiary/aromatic N) is 1. The molecule has 1 aromatic heterocycles. The van der Waals surface area contributed by atoms with Gasteiger partial charge in [-0.2, -0.15) is 0 Å². The molecule has 0 atom stereocenters. The van der Waals surface area contributed by atoms with E-state index in [1.54, 1.807) is 7.05 Å². The third kappa shape index (κ3) is 1.87. The number of aromatic nitrogens is 1. The molecule has 1 aromatic rings. The third-order valence-electron chi connectivity index (χ3n) is 1.05. The first kappa shape index (κ1) is 8.41. The SMILES string of the molecule is CNc1ncc(C(O)(O)O)s1. The molecule has 1 rings (SSSR count). The minimum absolute atomic E-state index is 0.0122. The Hall–Kier alpha value is -0.690. The standard InChI is InChI=1S/C5H8N2O3S/c1-6-4-7-2-3(11-4)5(8,9)10/h2,8-10H,1H3,(H,6,7). The Labute approximate surface area is 67.0 Å². The summed E-state index contributed by atoms with van der Waals surface area (Å²) in [5.41, 5.74) is 0. The van der Waals surface area contributed by atoms with Crippen LogP contribution in [0.15, 0.2) is 6.20 Å². The largest absolute Gasteiger partial charge is 0.365 e. The Bertz CT molecular complexity index is 242. The molecule has 0 aliphatic carbocycles. The zero-order valence-electron chi connectivity index (χ0n) is 5.77. The number of aliphatic hydroxyl groups is 3. The molecule has 4 N–H and O–H groups in total. The average Bonchev–Trinajstić information content (AvgIpc) is 2.32. The number of thiazole rings is 1. The summed E-state index contributed by atoms with van der Waals surface area (Å²) >= 11 is 0.968. The fourth-order valence-electron chi connectivity index (χ4n) is 0.545. The van der Waals surface area contributed by atoms with Crippen molar-refractivity contribution in [2.75, 3.05) is 12.4 Å². The van der Waals surface area contributed by atoms with Crippen molar-refractivity contribution in [1.82, 2.24) is 4.98 Å². The summed E-state index contributed by atoms with van der Waals surface area (Å²) in [7, 11) is 1.65. The van der Waals surface area contributed by atoms with Gasteiger partial charge < -0.3 is 20.6 Å². The van der Waals surface area contributed by atoms with Crippen molar-refractivity contribution < 1.29 is 15.3 Å². The van der Waals surface area contributed by atoms with Gasteiger partial charge in [-0.15, -0.1) is 0 Å². The molecule has 62 valence electrons. The Balaban J connectivity index is 2.89. The van der Waals surface area contributed by atoms with Gasteiger partial charge in [-0.25, -0.2) is 4.98 Å². The lowest BCUT2D eigenvalue weighted by Gasteiger charge is -2.09. The molecule has 0 radical (unpaired) electrons. The Morgan fingerprint density at radius 1 is 1.55 bits per heavy atom. The smallest absolute Gasteiger partial charge is 0.315 e. The zero-order valence-corrected chi connectivity index (χ0v) is 6.59. The van der Waals surface area contributed by atoms with Crippen molar-refractivity contribution in [3.63, 3.8) is 0 Å². The normalized spacial score (nSPS) is 11.6. The summed E-state index contributed by atoms with van der Waals surface area (Å²) in [4.78, 5) is 3.72. The highest BCUT2D eigenvalue weighted by Crippen LogP contribution is 2.24. The predicted molar refractivity (Wildman–Crippen MR) is 40.0 cm³/mol. The second-order valence-electron chi connectivity index (χ2n) is 1.92. The topological polar surface area (TPSA) is 85.6 Å². The predicted octanol–water partition coefficient (Wildman–Crippen LogP) is -0.728. The highest BCUT2D eigenvalue weighted by molar-refractivity contribution is 7.15. The fourth-order valence-corrected chi connectivity index (χ4v) is 1.20.